The molecule has 1 aromatic rings. The molecule has 2 saturated carbocycles. The monoisotopic (exact) mass is 270 g/mol. The summed E-state index contributed by atoms with van der Waals surface area (Å²) in [5.74, 6) is 0.464. The summed E-state index contributed by atoms with van der Waals surface area (Å²) in [6.07, 6.45) is 7.26. The van der Waals surface area contributed by atoms with Gasteiger partial charge in [0.15, 0.2) is 0 Å². The van der Waals surface area contributed by atoms with E-state index in [0.717, 1.165) is 37.7 Å². The second kappa shape index (κ2) is 4.88. The van der Waals surface area contributed by atoms with Gasteiger partial charge in [0, 0.05) is 30.7 Å². The van der Waals surface area contributed by atoms with Crippen molar-refractivity contribution in [1.29, 1.82) is 0 Å². The Labute approximate surface area is 120 Å². The van der Waals surface area contributed by atoms with Crippen LogP contribution in [0.2, 0.25) is 0 Å². The van der Waals surface area contributed by atoms with Gasteiger partial charge >= 0.3 is 0 Å². The van der Waals surface area contributed by atoms with Crippen LogP contribution in [0.15, 0.2) is 18.2 Å². The topological polar surface area (TPSA) is 32.3 Å². The summed E-state index contributed by atoms with van der Waals surface area (Å²) >= 11 is 0. The van der Waals surface area contributed by atoms with Crippen molar-refractivity contribution in [3.8, 4) is 0 Å². The number of carbonyl (C=O) groups is 1. The highest BCUT2D eigenvalue weighted by atomic mass is 16.1. The molecule has 0 spiro atoms. The molecule has 0 unspecified atom stereocenters. The summed E-state index contributed by atoms with van der Waals surface area (Å²) in [6.45, 7) is 2.16. The SMILES string of the molecule is O=C(Nc1ccc2c(c1)CN(C1CC1)C2)C1CCCC1. The summed E-state index contributed by atoms with van der Waals surface area (Å²) in [5.41, 5.74) is 3.83. The molecular formula is C17H22N2O. The maximum atomic E-state index is 12.2. The molecule has 2 aliphatic carbocycles. The molecule has 0 aromatic heterocycles. The Morgan fingerprint density at radius 2 is 1.80 bits per heavy atom. The minimum Gasteiger partial charge on any atom is -0.326 e. The number of anilines is 1. The highest BCUT2D eigenvalue weighted by Gasteiger charge is 2.33. The van der Waals surface area contributed by atoms with E-state index in [1.165, 1.54) is 36.8 Å². The smallest absolute Gasteiger partial charge is 0.227 e. The van der Waals surface area contributed by atoms with Gasteiger partial charge in [0.2, 0.25) is 5.91 Å². The van der Waals surface area contributed by atoms with Crippen LogP contribution in [0.1, 0.15) is 49.7 Å². The summed E-state index contributed by atoms with van der Waals surface area (Å²) in [5, 5.41) is 3.12. The number of nitrogens with zero attached hydrogens (tertiary/aromatic N) is 1. The number of amides is 1. The third-order valence-electron chi connectivity index (χ3n) is 5.01. The maximum absolute atomic E-state index is 12.2. The van der Waals surface area contributed by atoms with E-state index in [9.17, 15) is 4.79 Å². The van der Waals surface area contributed by atoms with E-state index >= 15 is 0 Å². The third-order valence-corrected chi connectivity index (χ3v) is 5.01. The van der Waals surface area contributed by atoms with E-state index in [-0.39, 0.29) is 11.8 Å². The molecule has 106 valence electrons. The van der Waals surface area contributed by atoms with Gasteiger partial charge in [0.1, 0.15) is 0 Å². The molecule has 1 aromatic carbocycles. The molecule has 3 nitrogen and oxygen atoms in total. The number of fused-ring (bicyclic) bond motifs is 1. The Morgan fingerprint density at radius 1 is 1.05 bits per heavy atom. The molecule has 4 rings (SSSR count). The Morgan fingerprint density at radius 3 is 2.55 bits per heavy atom. The van der Waals surface area contributed by atoms with E-state index in [4.69, 9.17) is 0 Å². The molecule has 0 saturated heterocycles. The number of hydrogen-bond acceptors (Lipinski definition) is 2. The van der Waals surface area contributed by atoms with Crippen molar-refractivity contribution < 1.29 is 4.79 Å². The largest absolute Gasteiger partial charge is 0.326 e. The van der Waals surface area contributed by atoms with Gasteiger partial charge in [-0.1, -0.05) is 18.9 Å². The summed E-state index contributed by atoms with van der Waals surface area (Å²) in [4.78, 5) is 14.7. The summed E-state index contributed by atoms with van der Waals surface area (Å²) in [7, 11) is 0. The van der Waals surface area contributed by atoms with E-state index in [0.29, 0.717) is 0 Å². The van der Waals surface area contributed by atoms with Crippen LogP contribution < -0.4 is 5.32 Å². The third kappa shape index (κ3) is 2.35. The molecule has 2 fully saturated rings. The first kappa shape index (κ1) is 12.4. The first-order valence-electron chi connectivity index (χ1n) is 7.96. The number of rotatable bonds is 3. The molecular weight excluding hydrogens is 248 g/mol. The summed E-state index contributed by atoms with van der Waals surface area (Å²) < 4.78 is 0. The first-order valence-corrected chi connectivity index (χ1v) is 7.96. The lowest BCUT2D eigenvalue weighted by molar-refractivity contribution is -0.119. The number of carbonyl (C=O) groups excluding carboxylic acids is 1. The zero-order valence-electron chi connectivity index (χ0n) is 11.9. The maximum Gasteiger partial charge on any atom is 0.227 e. The Kier molecular flexibility index (Phi) is 3.03. The van der Waals surface area contributed by atoms with Crippen molar-refractivity contribution in [1.82, 2.24) is 4.90 Å². The van der Waals surface area contributed by atoms with Gasteiger partial charge in [-0.25, -0.2) is 0 Å². The van der Waals surface area contributed by atoms with E-state index in [2.05, 4.69) is 28.4 Å². The summed E-state index contributed by atoms with van der Waals surface area (Å²) in [6, 6.07) is 7.27. The normalized spacial score (nSPS) is 23.0. The molecule has 0 radical (unpaired) electrons. The Balaban J connectivity index is 1.45. The van der Waals surface area contributed by atoms with Crippen LogP contribution in [0.4, 0.5) is 5.69 Å². The van der Waals surface area contributed by atoms with E-state index in [1.807, 2.05) is 0 Å². The Hall–Kier alpha value is -1.35. The van der Waals surface area contributed by atoms with Gasteiger partial charge in [-0.05, 0) is 48.9 Å². The van der Waals surface area contributed by atoms with Crippen LogP contribution in [-0.2, 0) is 17.9 Å². The number of nitrogens with one attached hydrogen (secondary N) is 1. The first-order chi connectivity index (χ1) is 9.79. The van der Waals surface area contributed by atoms with Crippen LogP contribution in [0.3, 0.4) is 0 Å². The highest BCUT2D eigenvalue weighted by molar-refractivity contribution is 5.92. The van der Waals surface area contributed by atoms with Gasteiger partial charge in [-0.2, -0.15) is 0 Å². The number of hydrogen-bond donors (Lipinski definition) is 1. The van der Waals surface area contributed by atoms with Crippen molar-refractivity contribution in [2.75, 3.05) is 5.32 Å². The average Bonchev–Trinajstić information content (AvgIpc) is 3.00. The lowest BCUT2D eigenvalue weighted by Crippen LogP contribution is -2.20. The fourth-order valence-electron chi connectivity index (χ4n) is 3.63. The zero-order chi connectivity index (χ0) is 13.5. The molecule has 1 aliphatic heterocycles. The van der Waals surface area contributed by atoms with Crippen LogP contribution in [0.25, 0.3) is 0 Å². The second-order valence-corrected chi connectivity index (χ2v) is 6.59. The molecule has 3 aliphatic rings. The van der Waals surface area contributed by atoms with Gasteiger partial charge in [0.25, 0.3) is 0 Å². The lowest BCUT2D eigenvalue weighted by Gasteiger charge is -2.12. The van der Waals surface area contributed by atoms with Crippen molar-refractivity contribution in [2.24, 2.45) is 5.92 Å². The molecule has 1 N–H and O–H groups in total. The van der Waals surface area contributed by atoms with Gasteiger partial charge < -0.3 is 5.32 Å². The minimum atomic E-state index is 0.222. The Bertz CT molecular complexity index is 530. The zero-order valence-corrected chi connectivity index (χ0v) is 11.9. The van der Waals surface area contributed by atoms with Crippen LogP contribution in [0.5, 0.6) is 0 Å². The molecule has 3 heteroatoms. The predicted octanol–water partition coefficient (Wildman–Crippen LogP) is 3.29. The van der Waals surface area contributed by atoms with Crippen molar-refractivity contribution in [2.45, 2.75) is 57.7 Å². The van der Waals surface area contributed by atoms with Gasteiger partial charge in [-0.3, -0.25) is 9.69 Å². The van der Waals surface area contributed by atoms with Crippen LogP contribution in [-0.4, -0.2) is 16.8 Å². The van der Waals surface area contributed by atoms with Gasteiger partial charge in [0.05, 0.1) is 0 Å². The van der Waals surface area contributed by atoms with Crippen molar-refractivity contribution in [3.63, 3.8) is 0 Å². The van der Waals surface area contributed by atoms with Crippen LogP contribution >= 0.6 is 0 Å². The fraction of sp³-hybridized carbons (Fsp3) is 0.588. The standard InChI is InChI=1S/C17H22N2O/c20-17(12-3-1-2-4-12)18-15-6-5-13-10-19(16-7-8-16)11-14(13)9-15/h5-6,9,12,16H,1-4,7-8,10-11H2,(H,18,20). The van der Waals surface area contributed by atoms with E-state index < -0.39 is 0 Å². The van der Waals surface area contributed by atoms with Gasteiger partial charge in [-0.15, -0.1) is 0 Å². The van der Waals surface area contributed by atoms with Crippen LogP contribution in [0, 0.1) is 5.92 Å². The van der Waals surface area contributed by atoms with E-state index in [1.54, 1.807) is 0 Å². The molecule has 0 bridgehead atoms. The highest BCUT2D eigenvalue weighted by Crippen LogP contribution is 2.35. The minimum absolute atomic E-state index is 0.222. The lowest BCUT2D eigenvalue weighted by atomic mass is 10.1. The van der Waals surface area contributed by atoms with Crippen molar-refractivity contribution >= 4 is 11.6 Å². The molecule has 1 heterocycles. The fourth-order valence-corrected chi connectivity index (χ4v) is 3.63. The molecule has 1 amide bonds. The molecule has 0 atom stereocenters. The number of benzene rings is 1. The molecule has 20 heavy (non-hydrogen) atoms. The average molecular weight is 270 g/mol. The quantitative estimate of drug-likeness (QED) is 0.914. The van der Waals surface area contributed by atoms with Crippen molar-refractivity contribution in [3.05, 3.63) is 29.3 Å². The predicted molar refractivity (Wildman–Crippen MR) is 79.3 cm³/mol. The second-order valence-electron chi connectivity index (χ2n) is 6.59.